The van der Waals surface area contributed by atoms with Crippen LogP contribution in [0.3, 0.4) is 0 Å². The Kier molecular flexibility index (Phi) is 3.97. The third-order valence-electron chi connectivity index (χ3n) is 0.850. The Hall–Kier alpha value is -1.30. The molecule has 0 aromatic carbocycles. The van der Waals surface area contributed by atoms with Crippen molar-refractivity contribution in [2.45, 2.75) is 20.8 Å². The molecule has 1 rings (SSSR count). The molecule has 0 unspecified atom stereocenters. The maximum Gasteiger partial charge on any atom is 0.238 e. The highest BCUT2D eigenvalue weighted by Gasteiger charge is 1.97. The monoisotopic (exact) mass is 138 g/mol. The van der Waals surface area contributed by atoms with Crippen molar-refractivity contribution in [2.75, 3.05) is 0 Å². The van der Waals surface area contributed by atoms with E-state index in [-0.39, 0.29) is 0 Å². The van der Waals surface area contributed by atoms with Crippen LogP contribution in [0.25, 0.3) is 0 Å². The summed E-state index contributed by atoms with van der Waals surface area (Å²) in [5.74, 6) is 0.296. The molecule has 0 radical (unpaired) electrons. The number of hydrogen-bond acceptors (Lipinski definition) is 3. The van der Waals surface area contributed by atoms with Crippen molar-refractivity contribution in [2.24, 2.45) is 0 Å². The third kappa shape index (κ3) is 1.90. The van der Waals surface area contributed by atoms with E-state index in [1.165, 1.54) is 6.20 Å². The lowest BCUT2D eigenvalue weighted by Crippen LogP contribution is -1.67. The molecule has 10 heavy (non-hydrogen) atoms. The molecule has 54 valence electrons. The Labute approximate surface area is 60.3 Å². The molecule has 1 aromatic rings. The summed E-state index contributed by atoms with van der Waals surface area (Å²) >= 11 is 0. The van der Waals surface area contributed by atoms with E-state index < -0.39 is 0 Å². The van der Waals surface area contributed by atoms with Crippen molar-refractivity contribution in [1.29, 1.82) is 5.26 Å². The predicted octanol–water partition coefficient (Wildman–Crippen LogP) is 1.88. The number of rotatable bonds is 0. The fourth-order valence-electron chi connectivity index (χ4n) is 0.397. The average Bonchev–Trinajstić information content (AvgIpc) is 2.39. The van der Waals surface area contributed by atoms with E-state index in [1.54, 1.807) is 6.92 Å². The van der Waals surface area contributed by atoms with Gasteiger partial charge in [-0.1, -0.05) is 19.0 Å². The SMILES string of the molecule is CC.Cc1cnoc1C#N. The van der Waals surface area contributed by atoms with Crippen LogP contribution in [0.5, 0.6) is 0 Å². The first kappa shape index (κ1) is 8.70. The maximum atomic E-state index is 8.22. The first-order valence-electron chi connectivity index (χ1n) is 3.16. The Morgan fingerprint density at radius 2 is 2.20 bits per heavy atom. The highest BCUT2D eigenvalue weighted by atomic mass is 16.5. The van der Waals surface area contributed by atoms with Gasteiger partial charge in [0, 0.05) is 5.56 Å². The Morgan fingerprint density at radius 1 is 1.60 bits per heavy atom. The van der Waals surface area contributed by atoms with Crippen molar-refractivity contribution in [1.82, 2.24) is 5.16 Å². The van der Waals surface area contributed by atoms with E-state index in [1.807, 2.05) is 19.9 Å². The zero-order chi connectivity index (χ0) is 7.98. The Balaban J connectivity index is 0.000000371. The molecular formula is C7H10N2O. The summed E-state index contributed by atoms with van der Waals surface area (Å²) in [6.45, 7) is 5.77. The smallest absolute Gasteiger partial charge is 0.238 e. The lowest BCUT2D eigenvalue weighted by molar-refractivity contribution is 0.409. The fraction of sp³-hybridized carbons (Fsp3) is 0.429. The molecule has 1 heterocycles. The maximum absolute atomic E-state index is 8.22. The molecule has 1 aromatic heterocycles. The van der Waals surface area contributed by atoms with Gasteiger partial charge in [-0.3, -0.25) is 0 Å². The van der Waals surface area contributed by atoms with Gasteiger partial charge in [-0.2, -0.15) is 5.26 Å². The van der Waals surface area contributed by atoms with Crippen molar-refractivity contribution < 1.29 is 4.52 Å². The topological polar surface area (TPSA) is 49.8 Å². The lowest BCUT2D eigenvalue weighted by atomic mass is 10.3. The molecule has 0 aliphatic carbocycles. The summed E-state index contributed by atoms with van der Waals surface area (Å²) in [5, 5.41) is 11.6. The zero-order valence-electron chi connectivity index (χ0n) is 6.38. The molecule has 3 nitrogen and oxygen atoms in total. The van der Waals surface area contributed by atoms with Crippen LogP contribution in [0.2, 0.25) is 0 Å². The van der Waals surface area contributed by atoms with Crippen molar-refractivity contribution in [3.8, 4) is 6.07 Å². The van der Waals surface area contributed by atoms with Gasteiger partial charge >= 0.3 is 0 Å². The van der Waals surface area contributed by atoms with Crippen LogP contribution in [0.1, 0.15) is 25.2 Å². The normalized spacial score (nSPS) is 7.40. The molecule has 0 aliphatic heterocycles. The summed E-state index contributed by atoms with van der Waals surface area (Å²) in [6, 6.07) is 1.85. The molecule has 0 atom stereocenters. The van der Waals surface area contributed by atoms with E-state index in [4.69, 9.17) is 5.26 Å². The van der Waals surface area contributed by atoms with Crippen LogP contribution >= 0.6 is 0 Å². The van der Waals surface area contributed by atoms with E-state index in [0.29, 0.717) is 5.76 Å². The summed E-state index contributed by atoms with van der Waals surface area (Å²) in [5.41, 5.74) is 0.785. The fourth-order valence-corrected chi connectivity index (χ4v) is 0.397. The quantitative estimate of drug-likeness (QED) is 0.550. The van der Waals surface area contributed by atoms with Crippen LogP contribution in [0.15, 0.2) is 10.7 Å². The minimum Gasteiger partial charge on any atom is -0.345 e. The molecule has 0 N–H and O–H groups in total. The van der Waals surface area contributed by atoms with Gasteiger partial charge in [-0.25, -0.2) is 0 Å². The highest BCUT2D eigenvalue weighted by molar-refractivity contribution is 5.23. The second kappa shape index (κ2) is 4.57. The average molecular weight is 138 g/mol. The van der Waals surface area contributed by atoms with Crippen LogP contribution in [0.4, 0.5) is 0 Å². The molecule has 0 amide bonds. The van der Waals surface area contributed by atoms with Crippen molar-refractivity contribution in [3.05, 3.63) is 17.5 Å². The number of nitriles is 1. The second-order valence-electron chi connectivity index (χ2n) is 1.45. The molecule has 0 spiro atoms. The lowest BCUT2D eigenvalue weighted by Gasteiger charge is -1.72. The first-order valence-corrected chi connectivity index (χ1v) is 3.16. The van der Waals surface area contributed by atoms with Crippen LogP contribution in [-0.4, -0.2) is 5.16 Å². The largest absolute Gasteiger partial charge is 0.345 e. The van der Waals surface area contributed by atoms with Crippen molar-refractivity contribution >= 4 is 0 Å². The van der Waals surface area contributed by atoms with Crippen LogP contribution in [0, 0.1) is 18.3 Å². The van der Waals surface area contributed by atoms with E-state index >= 15 is 0 Å². The molecule has 3 heteroatoms. The van der Waals surface area contributed by atoms with Gasteiger partial charge in [0.2, 0.25) is 5.76 Å². The summed E-state index contributed by atoms with van der Waals surface area (Å²) in [6.07, 6.45) is 1.51. The predicted molar refractivity (Wildman–Crippen MR) is 37.3 cm³/mol. The van der Waals surface area contributed by atoms with Gasteiger partial charge in [0.1, 0.15) is 6.07 Å². The van der Waals surface area contributed by atoms with Gasteiger partial charge in [0.25, 0.3) is 0 Å². The molecule has 0 saturated carbocycles. The highest BCUT2D eigenvalue weighted by Crippen LogP contribution is 2.01. The second-order valence-corrected chi connectivity index (χ2v) is 1.45. The number of aromatic nitrogens is 1. The molecule has 0 saturated heterocycles. The standard InChI is InChI=1S/C5H4N2O.C2H6/c1-4-3-7-8-5(4)2-6;1-2/h3H,1H3;1-2H3. The van der Waals surface area contributed by atoms with Crippen LogP contribution < -0.4 is 0 Å². The minimum atomic E-state index is 0.296. The number of hydrogen-bond donors (Lipinski definition) is 0. The number of aryl methyl sites for hydroxylation is 1. The van der Waals surface area contributed by atoms with Crippen molar-refractivity contribution in [3.63, 3.8) is 0 Å². The minimum absolute atomic E-state index is 0.296. The van der Waals surface area contributed by atoms with Gasteiger partial charge in [-0.05, 0) is 6.92 Å². The van der Waals surface area contributed by atoms with Gasteiger partial charge < -0.3 is 4.52 Å². The van der Waals surface area contributed by atoms with E-state index in [0.717, 1.165) is 5.56 Å². The van der Waals surface area contributed by atoms with Crippen LogP contribution in [-0.2, 0) is 0 Å². The van der Waals surface area contributed by atoms with E-state index in [2.05, 4.69) is 9.68 Å². The summed E-state index contributed by atoms with van der Waals surface area (Å²) in [7, 11) is 0. The van der Waals surface area contributed by atoms with Gasteiger partial charge in [-0.15, -0.1) is 0 Å². The molecule has 0 fully saturated rings. The zero-order valence-corrected chi connectivity index (χ0v) is 6.38. The number of nitrogens with zero attached hydrogens (tertiary/aromatic N) is 2. The van der Waals surface area contributed by atoms with Gasteiger partial charge in [0.05, 0.1) is 6.20 Å². The Morgan fingerprint density at radius 3 is 2.40 bits per heavy atom. The molecule has 0 bridgehead atoms. The summed E-state index contributed by atoms with van der Waals surface area (Å²) in [4.78, 5) is 0. The molecule has 0 aliphatic rings. The summed E-state index contributed by atoms with van der Waals surface area (Å²) < 4.78 is 4.50. The van der Waals surface area contributed by atoms with Gasteiger partial charge in [0.15, 0.2) is 0 Å². The Bertz CT molecular complexity index is 222. The third-order valence-corrected chi connectivity index (χ3v) is 0.850. The first-order chi connectivity index (χ1) is 4.84. The van der Waals surface area contributed by atoms with E-state index in [9.17, 15) is 0 Å². The molecular weight excluding hydrogens is 128 g/mol.